The van der Waals surface area contributed by atoms with Gasteiger partial charge in [0.15, 0.2) is 0 Å². The Bertz CT molecular complexity index is 660. The number of likely N-dealkylation sites (N-methyl/N-ethyl adjacent to an activating group) is 1. The Morgan fingerprint density at radius 3 is 2.83 bits per heavy atom. The monoisotopic (exact) mass is 331 g/mol. The highest BCUT2D eigenvalue weighted by Crippen LogP contribution is 2.34. The molecule has 23 heavy (non-hydrogen) atoms. The Hall–Kier alpha value is -1.55. The summed E-state index contributed by atoms with van der Waals surface area (Å²) in [4.78, 5) is 2.26. The molecule has 0 aliphatic carbocycles. The standard InChI is InChI=1S/C19H22ClNO2/c1-21-9-7-15-11-17(20)18(22)12-16(15)19(13-21)23-10-8-14-5-3-2-4-6-14/h2-6,11-12,19,22H,7-10,13H2,1H3. The first-order chi connectivity index (χ1) is 11.1. The largest absolute Gasteiger partial charge is 0.506 e. The van der Waals surface area contributed by atoms with Crippen LogP contribution in [0.5, 0.6) is 5.75 Å². The van der Waals surface area contributed by atoms with Crippen molar-refractivity contribution in [3.05, 3.63) is 64.2 Å². The number of fused-ring (bicyclic) bond motifs is 1. The summed E-state index contributed by atoms with van der Waals surface area (Å²) in [6, 6.07) is 14.0. The van der Waals surface area contributed by atoms with E-state index in [1.54, 1.807) is 6.07 Å². The topological polar surface area (TPSA) is 32.7 Å². The van der Waals surface area contributed by atoms with Crippen LogP contribution in [0.1, 0.15) is 22.8 Å². The molecule has 0 spiro atoms. The zero-order valence-corrected chi connectivity index (χ0v) is 14.1. The predicted octanol–water partition coefficient (Wildman–Crippen LogP) is 3.83. The number of hydrogen-bond donors (Lipinski definition) is 1. The molecule has 0 amide bonds. The quantitative estimate of drug-likeness (QED) is 0.924. The van der Waals surface area contributed by atoms with E-state index in [9.17, 15) is 5.11 Å². The fourth-order valence-electron chi connectivity index (χ4n) is 3.03. The van der Waals surface area contributed by atoms with Crippen molar-refractivity contribution in [1.29, 1.82) is 0 Å². The highest BCUT2D eigenvalue weighted by atomic mass is 35.5. The number of halogens is 1. The molecule has 1 heterocycles. The molecule has 1 aliphatic rings. The summed E-state index contributed by atoms with van der Waals surface area (Å²) >= 11 is 6.06. The van der Waals surface area contributed by atoms with Crippen molar-refractivity contribution in [1.82, 2.24) is 4.90 Å². The maximum Gasteiger partial charge on any atom is 0.134 e. The minimum atomic E-state index is -0.0376. The van der Waals surface area contributed by atoms with Gasteiger partial charge in [0.2, 0.25) is 0 Å². The molecule has 1 N–H and O–H groups in total. The third kappa shape index (κ3) is 4.05. The Kier molecular flexibility index (Phi) is 5.21. The minimum absolute atomic E-state index is 0.0376. The smallest absolute Gasteiger partial charge is 0.134 e. The van der Waals surface area contributed by atoms with Gasteiger partial charge in [0, 0.05) is 13.1 Å². The van der Waals surface area contributed by atoms with Crippen LogP contribution in [-0.4, -0.2) is 36.8 Å². The van der Waals surface area contributed by atoms with Gasteiger partial charge in [-0.15, -0.1) is 0 Å². The highest BCUT2D eigenvalue weighted by Gasteiger charge is 2.23. The summed E-state index contributed by atoms with van der Waals surface area (Å²) in [5, 5.41) is 10.4. The van der Waals surface area contributed by atoms with Crippen molar-refractivity contribution in [2.75, 3.05) is 26.7 Å². The summed E-state index contributed by atoms with van der Waals surface area (Å²) in [7, 11) is 2.10. The summed E-state index contributed by atoms with van der Waals surface area (Å²) in [5.74, 6) is 0.131. The van der Waals surface area contributed by atoms with Gasteiger partial charge in [-0.1, -0.05) is 41.9 Å². The number of phenolic OH excluding ortho intramolecular Hbond substituents is 1. The third-order valence-corrected chi connectivity index (χ3v) is 4.65. The Morgan fingerprint density at radius 1 is 1.26 bits per heavy atom. The molecular formula is C19H22ClNO2. The number of nitrogens with zero attached hydrogens (tertiary/aromatic N) is 1. The zero-order chi connectivity index (χ0) is 16.2. The molecule has 0 bridgehead atoms. The fraction of sp³-hybridized carbons (Fsp3) is 0.368. The van der Waals surface area contributed by atoms with E-state index in [4.69, 9.17) is 16.3 Å². The van der Waals surface area contributed by atoms with Gasteiger partial charge in [-0.2, -0.15) is 0 Å². The molecule has 1 aliphatic heterocycles. The first-order valence-electron chi connectivity index (χ1n) is 7.99. The molecular weight excluding hydrogens is 310 g/mol. The minimum Gasteiger partial charge on any atom is -0.506 e. The van der Waals surface area contributed by atoms with Crippen molar-refractivity contribution < 1.29 is 9.84 Å². The molecule has 122 valence electrons. The van der Waals surface area contributed by atoms with Crippen molar-refractivity contribution in [2.24, 2.45) is 0 Å². The lowest BCUT2D eigenvalue weighted by Crippen LogP contribution is -2.25. The van der Waals surface area contributed by atoms with Crippen molar-refractivity contribution in [3.8, 4) is 5.75 Å². The lowest BCUT2D eigenvalue weighted by molar-refractivity contribution is 0.0353. The van der Waals surface area contributed by atoms with Gasteiger partial charge in [0.1, 0.15) is 5.75 Å². The maximum atomic E-state index is 9.95. The molecule has 1 atom stereocenters. The first-order valence-corrected chi connectivity index (χ1v) is 8.36. The normalized spacial score (nSPS) is 18.4. The van der Waals surface area contributed by atoms with Crippen LogP contribution in [0.3, 0.4) is 0 Å². The van der Waals surface area contributed by atoms with Crippen LogP contribution in [0.25, 0.3) is 0 Å². The average molecular weight is 332 g/mol. The molecule has 4 heteroatoms. The van der Waals surface area contributed by atoms with Crippen LogP contribution in [0.2, 0.25) is 5.02 Å². The second kappa shape index (κ2) is 7.35. The van der Waals surface area contributed by atoms with E-state index in [1.807, 2.05) is 24.3 Å². The molecule has 0 radical (unpaired) electrons. The Labute approximate surface area is 142 Å². The van der Waals surface area contributed by atoms with Crippen LogP contribution in [0, 0.1) is 0 Å². The first kappa shape index (κ1) is 16.3. The fourth-order valence-corrected chi connectivity index (χ4v) is 3.21. The zero-order valence-electron chi connectivity index (χ0n) is 13.3. The van der Waals surface area contributed by atoms with E-state index < -0.39 is 0 Å². The third-order valence-electron chi connectivity index (χ3n) is 4.35. The summed E-state index contributed by atoms with van der Waals surface area (Å²) in [6.45, 7) is 2.45. The summed E-state index contributed by atoms with van der Waals surface area (Å²) in [6.07, 6.45) is 1.77. The number of ether oxygens (including phenoxy) is 1. The second-order valence-corrected chi connectivity index (χ2v) is 6.52. The van der Waals surface area contributed by atoms with Crippen LogP contribution < -0.4 is 0 Å². The number of hydrogen-bond acceptors (Lipinski definition) is 3. The molecule has 2 aromatic rings. The van der Waals surface area contributed by atoms with E-state index in [0.29, 0.717) is 11.6 Å². The summed E-state index contributed by atoms with van der Waals surface area (Å²) in [5.41, 5.74) is 3.50. The highest BCUT2D eigenvalue weighted by molar-refractivity contribution is 6.32. The van der Waals surface area contributed by atoms with E-state index >= 15 is 0 Å². The molecule has 0 aromatic heterocycles. The average Bonchev–Trinajstić information content (AvgIpc) is 2.69. The van der Waals surface area contributed by atoms with E-state index in [1.165, 1.54) is 11.1 Å². The lowest BCUT2D eigenvalue weighted by Gasteiger charge is -2.22. The number of phenols is 1. The molecule has 0 saturated carbocycles. The van der Waals surface area contributed by atoms with Crippen molar-refractivity contribution >= 4 is 11.6 Å². The van der Waals surface area contributed by atoms with Gasteiger partial charge in [-0.05, 0) is 48.7 Å². The number of rotatable bonds is 4. The van der Waals surface area contributed by atoms with Crippen LogP contribution in [0.15, 0.2) is 42.5 Å². The van der Waals surface area contributed by atoms with Gasteiger partial charge >= 0.3 is 0 Å². The predicted molar refractivity (Wildman–Crippen MR) is 93.2 cm³/mol. The van der Waals surface area contributed by atoms with E-state index in [0.717, 1.165) is 31.5 Å². The van der Waals surface area contributed by atoms with Crippen LogP contribution in [-0.2, 0) is 17.6 Å². The SMILES string of the molecule is CN1CCc2cc(Cl)c(O)cc2C(OCCc2ccccc2)C1. The molecule has 2 aromatic carbocycles. The van der Waals surface area contributed by atoms with Crippen molar-refractivity contribution in [2.45, 2.75) is 18.9 Å². The summed E-state index contributed by atoms with van der Waals surface area (Å²) < 4.78 is 6.16. The Morgan fingerprint density at radius 2 is 2.04 bits per heavy atom. The van der Waals surface area contributed by atoms with Gasteiger partial charge in [-0.25, -0.2) is 0 Å². The van der Waals surface area contributed by atoms with Gasteiger partial charge in [0.05, 0.1) is 17.7 Å². The molecule has 3 nitrogen and oxygen atoms in total. The molecule has 0 saturated heterocycles. The van der Waals surface area contributed by atoms with E-state index in [-0.39, 0.29) is 11.9 Å². The van der Waals surface area contributed by atoms with Gasteiger partial charge < -0.3 is 14.7 Å². The molecule has 1 unspecified atom stereocenters. The second-order valence-electron chi connectivity index (χ2n) is 6.11. The van der Waals surface area contributed by atoms with Crippen LogP contribution >= 0.6 is 11.6 Å². The number of benzene rings is 2. The van der Waals surface area contributed by atoms with Gasteiger partial charge in [0.25, 0.3) is 0 Å². The molecule has 0 fully saturated rings. The van der Waals surface area contributed by atoms with Crippen LogP contribution in [0.4, 0.5) is 0 Å². The Balaban J connectivity index is 1.74. The maximum absolute atomic E-state index is 9.95. The van der Waals surface area contributed by atoms with Gasteiger partial charge in [-0.3, -0.25) is 0 Å². The van der Waals surface area contributed by atoms with E-state index in [2.05, 4.69) is 24.1 Å². The number of aromatic hydroxyl groups is 1. The van der Waals surface area contributed by atoms with Crippen molar-refractivity contribution in [3.63, 3.8) is 0 Å². The lowest BCUT2D eigenvalue weighted by atomic mass is 10.0. The molecule has 3 rings (SSSR count).